The van der Waals surface area contributed by atoms with E-state index in [2.05, 4.69) is 15.3 Å². The Morgan fingerprint density at radius 2 is 2.16 bits per heavy atom. The lowest BCUT2D eigenvalue weighted by Gasteiger charge is -2.08. The van der Waals surface area contributed by atoms with Crippen molar-refractivity contribution >= 4 is 23.1 Å². The van der Waals surface area contributed by atoms with Crippen molar-refractivity contribution in [2.45, 2.75) is 13.5 Å². The number of halogens is 1. The number of benzene rings is 1. The largest absolute Gasteiger partial charge is 0.365 e. The monoisotopic (exact) mass is 278 g/mol. The maximum atomic E-state index is 10.9. The molecule has 6 nitrogen and oxygen atoms in total. The van der Waals surface area contributed by atoms with Crippen LogP contribution in [0.4, 0.5) is 11.5 Å². The Kier molecular flexibility index (Phi) is 3.91. The third kappa shape index (κ3) is 3.17. The van der Waals surface area contributed by atoms with Gasteiger partial charge in [0.25, 0.3) is 5.69 Å². The van der Waals surface area contributed by atoms with E-state index in [1.54, 1.807) is 24.4 Å². The Morgan fingerprint density at radius 3 is 2.89 bits per heavy atom. The van der Waals surface area contributed by atoms with Gasteiger partial charge in [0.1, 0.15) is 5.82 Å². The van der Waals surface area contributed by atoms with Crippen molar-refractivity contribution in [3.05, 3.63) is 57.0 Å². The molecule has 0 aliphatic carbocycles. The molecule has 0 aliphatic heterocycles. The molecule has 0 radical (unpaired) electrons. The van der Waals surface area contributed by atoms with Crippen LogP contribution in [0, 0.1) is 17.0 Å². The van der Waals surface area contributed by atoms with Crippen LogP contribution in [0.1, 0.15) is 11.1 Å². The third-order valence-electron chi connectivity index (χ3n) is 2.58. The van der Waals surface area contributed by atoms with Gasteiger partial charge in [-0.3, -0.25) is 10.1 Å². The predicted octanol–water partition coefficient (Wildman–Crippen LogP) is 2.96. The van der Waals surface area contributed by atoms with Crippen molar-refractivity contribution in [3.8, 4) is 0 Å². The predicted molar refractivity (Wildman–Crippen MR) is 72.2 cm³/mol. The van der Waals surface area contributed by atoms with Gasteiger partial charge >= 0.3 is 0 Å². The number of aromatic nitrogens is 2. The maximum absolute atomic E-state index is 10.9. The molecule has 1 aromatic carbocycles. The van der Waals surface area contributed by atoms with Crippen LogP contribution in [0.5, 0.6) is 0 Å². The van der Waals surface area contributed by atoms with E-state index >= 15 is 0 Å². The second-order valence-corrected chi connectivity index (χ2v) is 4.25. The lowest BCUT2D eigenvalue weighted by atomic mass is 10.2. The first-order valence-electron chi connectivity index (χ1n) is 5.53. The molecule has 0 saturated carbocycles. The molecule has 0 atom stereocenters. The van der Waals surface area contributed by atoms with E-state index in [1.807, 2.05) is 6.92 Å². The van der Waals surface area contributed by atoms with Crippen molar-refractivity contribution < 1.29 is 4.92 Å². The SMILES string of the molecule is Cc1cnc(Cl)nc1NCc1ccccc1[N+](=O)[O-]. The van der Waals surface area contributed by atoms with Crippen LogP contribution >= 0.6 is 11.6 Å². The summed E-state index contributed by atoms with van der Waals surface area (Å²) in [6.07, 6.45) is 1.59. The van der Waals surface area contributed by atoms with E-state index in [9.17, 15) is 10.1 Å². The van der Waals surface area contributed by atoms with Crippen LogP contribution in [0.25, 0.3) is 0 Å². The Hall–Kier alpha value is -2.21. The Labute approximate surface area is 114 Å². The van der Waals surface area contributed by atoms with Gasteiger partial charge in [-0.05, 0) is 18.5 Å². The highest BCUT2D eigenvalue weighted by Crippen LogP contribution is 2.20. The molecule has 98 valence electrons. The van der Waals surface area contributed by atoms with Crippen molar-refractivity contribution in [1.82, 2.24) is 9.97 Å². The summed E-state index contributed by atoms with van der Waals surface area (Å²) < 4.78 is 0. The van der Waals surface area contributed by atoms with Gasteiger partial charge in [0.2, 0.25) is 5.28 Å². The highest BCUT2D eigenvalue weighted by atomic mass is 35.5. The fraction of sp³-hybridized carbons (Fsp3) is 0.167. The number of hydrogen-bond acceptors (Lipinski definition) is 5. The molecule has 0 bridgehead atoms. The summed E-state index contributed by atoms with van der Waals surface area (Å²) >= 11 is 5.71. The number of rotatable bonds is 4. The molecule has 2 aromatic rings. The second-order valence-electron chi connectivity index (χ2n) is 3.91. The van der Waals surface area contributed by atoms with Crippen molar-refractivity contribution in [1.29, 1.82) is 0 Å². The topological polar surface area (TPSA) is 81.0 Å². The first-order chi connectivity index (χ1) is 9.08. The first-order valence-corrected chi connectivity index (χ1v) is 5.91. The Morgan fingerprint density at radius 1 is 1.42 bits per heavy atom. The molecule has 2 rings (SSSR count). The molecule has 0 fully saturated rings. The molecule has 1 heterocycles. The van der Waals surface area contributed by atoms with Gasteiger partial charge in [0.05, 0.1) is 4.92 Å². The molecular weight excluding hydrogens is 268 g/mol. The summed E-state index contributed by atoms with van der Waals surface area (Å²) in [7, 11) is 0. The summed E-state index contributed by atoms with van der Waals surface area (Å²) in [6, 6.07) is 6.55. The van der Waals surface area contributed by atoms with Crippen LogP contribution in [0.3, 0.4) is 0 Å². The number of aryl methyl sites for hydroxylation is 1. The quantitative estimate of drug-likeness (QED) is 0.528. The number of para-hydroxylation sites is 1. The lowest BCUT2D eigenvalue weighted by molar-refractivity contribution is -0.385. The van der Waals surface area contributed by atoms with Crippen molar-refractivity contribution in [2.24, 2.45) is 0 Å². The van der Waals surface area contributed by atoms with E-state index in [4.69, 9.17) is 11.6 Å². The summed E-state index contributed by atoms with van der Waals surface area (Å²) in [6.45, 7) is 2.13. The number of hydrogen-bond donors (Lipinski definition) is 1. The highest BCUT2D eigenvalue weighted by Gasteiger charge is 2.12. The van der Waals surface area contributed by atoms with Crippen LogP contribution in [0.2, 0.25) is 5.28 Å². The third-order valence-corrected chi connectivity index (χ3v) is 2.76. The minimum Gasteiger partial charge on any atom is -0.365 e. The zero-order chi connectivity index (χ0) is 13.8. The number of nitro groups is 1. The maximum Gasteiger partial charge on any atom is 0.274 e. The molecule has 0 saturated heterocycles. The molecule has 0 amide bonds. The van der Waals surface area contributed by atoms with E-state index in [0.717, 1.165) is 5.56 Å². The van der Waals surface area contributed by atoms with Crippen LogP contribution in [0.15, 0.2) is 30.5 Å². The van der Waals surface area contributed by atoms with Gasteiger partial charge in [0, 0.05) is 29.9 Å². The van der Waals surface area contributed by atoms with E-state index in [-0.39, 0.29) is 11.0 Å². The standard InChI is InChI=1S/C12H11ClN4O2/c1-8-6-15-12(13)16-11(8)14-7-9-4-2-3-5-10(9)17(18)19/h2-6H,7H2,1H3,(H,14,15,16). The summed E-state index contributed by atoms with van der Waals surface area (Å²) in [5, 5.41) is 14.0. The van der Waals surface area contributed by atoms with Crippen molar-refractivity contribution in [3.63, 3.8) is 0 Å². The molecular formula is C12H11ClN4O2. The zero-order valence-corrected chi connectivity index (χ0v) is 10.9. The summed E-state index contributed by atoms with van der Waals surface area (Å²) in [5.41, 5.74) is 1.48. The normalized spacial score (nSPS) is 10.2. The number of nitro benzene ring substituents is 1. The molecule has 7 heteroatoms. The first kappa shape index (κ1) is 13.2. The van der Waals surface area contributed by atoms with Gasteiger partial charge in [-0.15, -0.1) is 0 Å². The van der Waals surface area contributed by atoms with Crippen LogP contribution in [-0.2, 0) is 6.54 Å². The minimum absolute atomic E-state index is 0.0767. The molecule has 1 N–H and O–H groups in total. The number of nitrogens with zero attached hydrogens (tertiary/aromatic N) is 3. The molecule has 0 spiro atoms. The molecule has 0 aliphatic rings. The summed E-state index contributed by atoms with van der Waals surface area (Å²) in [5.74, 6) is 0.568. The van der Waals surface area contributed by atoms with Crippen LogP contribution in [-0.4, -0.2) is 14.9 Å². The van der Waals surface area contributed by atoms with Gasteiger partial charge in [-0.25, -0.2) is 9.97 Å². The lowest BCUT2D eigenvalue weighted by Crippen LogP contribution is -2.06. The van der Waals surface area contributed by atoms with Crippen molar-refractivity contribution in [2.75, 3.05) is 5.32 Å². The Bertz CT molecular complexity index is 618. The molecule has 1 aromatic heterocycles. The summed E-state index contributed by atoms with van der Waals surface area (Å²) in [4.78, 5) is 18.4. The smallest absolute Gasteiger partial charge is 0.274 e. The van der Waals surface area contributed by atoms with Gasteiger partial charge in [0.15, 0.2) is 0 Å². The van der Waals surface area contributed by atoms with Gasteiger partial charge in [-0.2, -0.15) is 0 Å². The average Bonchev–Trinajstić information content (AvgIpc) is 2.40. The second kappa shape index (κ2) is 5.62. The van der Waals surface area contributed by atoms with E-state index in [1.165, 1.54) is 6.07 Å². The van der Waals surface area contributed by atoms with Crippen LogP contribution < -0.4 is 5.32 Å². The zero-order valence-electron chi connectivity index (χ0n) is 10.1. The fourth-order valence-electron chi connectivity index (χ4n) is 1.62. The Balaban J connectivity index is 2.19. The van der Waals surface area contributed by atoms with Gasteiger partial charge in [-0.1, -0.05) is 18.2 Å². The van der Waals surface area contributed by atoms with E-state index < -0.39 is 4.92 Å². The number of nitrogens with one attached hydrogen (secondary N) is 1. The molecule has 0 unspecified atom stereocenters. The minimum atomic E-state index is -0.406. The average molecular weight is 279 g/mol. The highest BCUT2D eigenvalue weighted by molar-refractivity contribution is 6.28. The number of anilines is 1. The van der Waals surface area contributed by atoms with Gasteiger partial charge < -0.3 is 5.32 Å². The van der Waals surface area contributed by atoms with E-state index in [0.29, 0.717) is 17.9 Å². The fourth-order valence-corrected chi connectivity index (χ4v) is 1.75. The molecule has 19 heavy (non-hydrogen) atoms.